The van der Waals surface area contributed by atoms with Gasteiger partial charge in [0.25, 0.3) is 5.56 Å². The first-order valence-electron chi connectivity index (χ1n) is 9.38. The molecule has 0 aliphatic carbocycles. The molecule has 0 aliphatic heterocycles. The molecule has 1 aromatic heterocycles. The van der Waals surface area contributed by atoms with E-state index in [1.807, 2.05) is 20.8 Å². The third-order valence-corrected chi connectivity index (χ3v) is 4.60. The number of hydrogen-bond donors (Lipinski definition) is 1. The van der Waals surface area contributed by atoms with E-state index in [1.54, 1.807) is 30.3 Å². The van der Waals surface area contributed by atoms with Gasteiger partial charge in [-0.05, 0) is 35.4 Å². The number of carbonyl (C=O) groups is 1. The van der Waals surface area contributed by atoms with Crippen molar-refractivity contribution in [2.24, 2.45) is 0 Å². The molecule has 30 heavy (non-hydrogen) atoms. The van der Waals surface area contributed by atoms with E-state index in [0.717, 1.165) is 0 Å². The molecule has 6 nitrogen and oxygen atoms in total. The molecule has 0 atom stereocenters. The average molecular weight is 416 g/mol. The highest BCUT2D eigenvalue weighted by Gasteiger charge is 2.23. The van der Waals surface area contributed by atoms with E-state index in [-0.39, 0.29) is 24.3 Å². The lowest BCUT2D eigenvalue weighted by atomic mass is 9.92. The van der Waals surface area contributed by atoms with Crippen LogP contribution in [0.4, 0.5) is 8.78 Å². The van der Waals surface area contributed by atoms with Crippen molar-refractivity contribution in [3.8, 4) is 16.9 Å². The standard InChI is InChI=1S/C22H22F2N2O4/c1-22(2,3)19-20(29)26(10-9-18(27)28)17-12-14(7-8-16(17)25-19)13-5-4-6-15(11-13)30-21(23)24/h4-8,11-12,21H,9-10H2,1-3H3,(H,27,28). The zero-order chi connectivity index (χ0) is 22.1. The Kier molecular flexibility index (Phi) is 5.87. The maximum absolute atomic E-state index is 13.1. The Labute approximate surface area is 171 Å². The molecule has 0 fully saturated rings. The van der Waals surface area contributed by atoms with Gasteiger partial charge in [0.05, 0.1) is 17.5 Å². The minimum Gasteiger partial charge on any atom is -0.481 e. The molecule has 2 aromatic carbocycles. The Morgan fingerprint density at radius 3 is 2.50 bits per heavy atom. The van der Waals surface area contributed by atoms with Crippen LogP contribution >= 0.6 is 0 Å². The smallest absolute Gasteiger partial charge is 0.387 e. The van der Waals surface area contributed by atoms with Gasteiger partial charge >= 0.3 is 12.6 Å². The lowest BCUT2D eigenvalue weighted by Crippen LogP contribution is -2.33. The number of alkyl halides is 2. The number of nitrogens with zero attached hydrogens (tertiary/aromatic N) is 2. The number of benzene rings is 2. The second-order valence-corrected chi connectivity index (χ2v) is 7.92. The summed E-state index contributed by atoms with van der Waals surface area (Å²) in [5.74, 6) is -0.996. The quantitative estimate of drug-likeness (QED) is 0.643. The monoisotopic (exact) mass is 416 g/mol. The fourth-order valence-corrected chi connectivity index (χ4v) is 3.19. The number of rotatable bonds is 6. The van der Waals surface area contributed by atoms with Gasteiger partial charge in [0, 0.05) is 12.0 Å². The van der Waals surface area contributed by atoms with Crippen molar-refractivity contribution < 1.29 is 23.4 Å². The number of halogens is 2. The summed E-state index contributed by atoms with van der Waals surface area (Å²) in [6.45, 7) is 2.67. The molecule has 0 bridgehead atoms. The van der Waals surface area contributed by atoms with Crippen LogP contribution in [0, 0.1) is 0 Å². The molecule has 3 aromatic rings. The fourth-order valence-electron chi connectivity index (χ4n) is 3.19. The predicted octanol–water partition coefficient (Wildman–Crippen LogP) is 4.44. The first-order valence-corrected chi connectivity index (χ1v) is 9.38. The van der Waals surface area contributed by atoms with E-state index < -0.39 is 18.0 Å². The summed E-state index contributed by atoms with van der Waals surface area (Å²) < 4.78 is 30.9. The summed E-state index contributed by atoms with van der Waals surface area (Å²) in [6.07, 6.45) is -0.218. The van der Waals surface area contributed by atoms with Crippen molar-refractivity contribution in [3.63, 3.8) is 0 Å². The van der Waals surface area contributed by atoms with E-state index in [0.29, 0.717) is 27.9 Å². The van der Waals surface area contributed by atoms with Crippen LogP contribution in [0.15, 0.2) is 47.3 Å². The zero-order valence-electron chi connectivity index (χ0n) is 16.9. The SMILES string of the molecule is CC(C)(C)c1nc2ccc(-c3cccc(OC(F)F)c3)cc2n(CCC(=O)O)c1=O. The van der Waals surface area contributed by atoms with Crippen LogP contribution in [-0.2, 0) is 16.8 Å². The third kappa shape index (κ3) is 4.64. The number of ether oxygens (including phenoxy) is 1. The van der Waals surface area contributed by atoms with Gasteiger partial charge in [-0.2, -0.15) is 8.78 Å². The largest absolute Gasteiger partial charge is 0.481 e. The summed E-state index contributed by atoms with van der Waals surface area (Å²) >= 11 is 0. The molecule has 0 spiro atoms. The molecule has 0 saturated carbocycles. The third-order valence-electron chi connectivity index (χ3n) is 4.60. The highest BCUT2D eigenvalue weighted by atomic mass is 19.3. The Balaban J connectivity index is 2.18. The second kappa shape index (κ2) is 8.22. The van der Waals surface area contributed by atoms with E-state index >= 15 is 0 Å². The van der Waals surface area contributed by atoms with Crippen molar-refractivity contribution in [1.82, 2.24) is 9.55 Å². The van der Waals surface area contributed by atoms with Crippen molar-refractivity contribution >= 4 is 17.0 Å². The molecular weight excluding hydrogens is 394 g/mol. The van der Waals surface area contributed by atoms with Gasteiger partial charge in [0.15, 0.2) is 0 Å². The molecule has 0 unspecified atom stereocenters. The topological polar surface area (TPSA) is 81.4 Å². The first-order chi connectivity index (χ1) is 14.1. The van der Waals surface area contributed by atoms with Gasteiger partial charge in [-0.1, -0.05) is 39.0 Å². The van der Waals surface area contributed by atoms with Gasteiger partial charge in [-0.3, -0.25) is 9.59 Å². The molecule has 158 valence electrons. The van der Waals surface area contributed by atoms with Crippen molar-refractivity contribution in [2.45, 2.75) is 45.8 Å². The van der Waals surface area contributed by atoms with Gasteiger partial charge in [0.1, 0.15) is 11.4 Å². The van der Waals surface area contributed by atoms with Crippen LogP contribution < -0.4 is 10.3 Å². The van der Waals surface area contributed by atoms with E-state index in [1.165, 1.54) is 16.7 Å². The number of aryl methyl sites for hydroxylation is 1. The fraction of sp³-hybridized carbons (Fsp3) is 0.318. The normalized spacial score (nSPS) is 11.8. The summed E-state index contributed by atoms with van der Waals surface area (Å²) in [4.78, 5) is 28.7. The van der Waals surface area contributed by atoms with Gasteiger partial charge < -0.3 is 14.4 Å². The van der Waals surface area contributed by atoms with Gasteiger partial charge in [0.2, 0.25) is 0 Å². The summed E-state index contributed by atoms with van der Waals surface area (Å²) in [7, 11) is 0. The number of carboxylic acids is 1. The van der Waals surface area contributed by atoms with E-state index in [9.17, 15) is 18.4 Å². The molecule has 0 aliphatic rings. The highest BCUT2D eigenvalue weighted by Crippen LogP contribution is 2.28. The van der Waals surface area contributed by atoms with Crippen LogP contribution in [0.3, 0.4) is 0 Å². The van der Waals surface area contributed by atoms with E-state index in [2.05, 4.69) is 9.72 Å². The highest BCUT2D eigenvalue weighted by molar-refractivity contribution is 5.82. The van der Waals surface area contributed by atoms with Crippen molar-refractivity contribution in [1.29, 1.82) is 0 Å². The molecule has 0 saturated heterocycles. The molecule has 8 heteroatoms. The van der Waals surface area contributed by atoms with Crippen LogP contribution in [-0.4, -0.2) is 27.2 Å². The van der Waals surface area contributed by atoms with Gasteiger partial charge in [-0.15, -0.1) is 0 Å². The van der Waals surface area contributed by atoms with Crippen LogP contribution in [0.5, 0.6) is 5.75 Å². The lowest BCUT2D eigenvalue weighted by molar-refractivity contribution is -0.137. The molecule has 1 N–H and O–H groups in total. The molecule has 0 radical (unpaired) electrons. The van der Waals surface area contributed by atoms with Crippen LogP contribution in [0.25, 0.3) is 22.2 Å². The molecule has 0 amide bonds. The Hall–Kier alpha value is -3.29. The maximum atomic E-state index is 13.1. The van der Waals surface area contributed by atoms with Gasteiger partial charge in [-0.25, -0.2) is 4.98 Å². The Morgan fingerprint density at radius 1 is 1.17 bits per heavy atom. The second-order valence-electron chi connectivity index (χ2n) is 7.92. The van der Waals surface area contributed by atoms with Crippen molar-refractivity contribution in [2.75, 3.05) is 0 Å². The van der Waals surface area contributed by atoms with Crippen LogP contribution in [0.1, 0.15) is 32.9 Å². The molecular formula is C22H22F2N2O4. The lowest BCUT2D eigenvalue weighted by Gasteiger charge is -2.20. The minimum absolute atomic E-state index is 0.00570. The van der Waals surface area contributed by atoms with Crippen LogP contribution in [0.2, 0.25) is 0 Å². The average Bonchev–Trinajstić information content (AvgIpc) is 2.65. The summed E-state index contributed by atoms with van der Waals surface area (Å²) in [6, 6.07) is 11.4. The maximum Gasteiger partial charge on any atom is 0.387 e. The molecule has 3 rings (SSSR count). The van der Waals surface area contributed by atoms with Crippen molar-refractivity contribution in [3.05, 3.63) is 58.5 Å². The number of aliphatic carboxylic acids is 1. The number of hydrogen-bond acceptors (Lipinski definition) is 4. The Morgan fingerprint density at radius 2 is 1.87 bits per heavy atom. The number of fused-ring (bicyclic) bond motifs is 1. The first kappa shape index (κ1) is 21.4. The predicted molar refractivity (Wildman–Crippen MR) is 109 cm³/mol. The summed E-state index contributed by atoms with van der Waals surface area (Å²) in [5.41, 5.74) is 1.79. The summed E-state index contributed by atoms with van der Waals surface area (Å²) in [5, 5.41) is 9.10. The number of carboxylic acid groups (broad SMARTS) is 1. The zero-order valence-corrected chi connectivity index (χ0v) is 16.9. The number of aromatic nitrogens is 2. The Bertz CT molecular complexity index is 1150. The van der Waals surface area contributed by atoms with E-state index in [4.69, 9.17) is 5.11 Å². The molecule has 1 heterocycles. The minimum atomic E-state index is -2.93.